The molecule has 1 aliphatic carbocycles. The van der Waals surface area contributed by atoms with Crippen LogP contribution in [0, 0.1) is 0 Å². The van der Waals surface area contributed by atoms with Gasteiger partial charge >= 0.3 is 0 Å². The molecule has 1 N–H and O–H groups in total. The van der Waals surface area contributed by atoms with Crippen LogP contribution in [0.2, 0.25) is 0 Å². The molecule has 1 saturated carbocycles. The summed E-state index contributed by atoms with van der Waals surface area (Å²) in [5, 5.41) is 3.26. The number of nitrogens with one attached hydrogen (secondary N) is 1. The third kappa shape index (κ3) is 2.17. The lowest BCUT2D eigenvalue weighted by molar-refractivity contribution is -0.124. The highest BCUT2D eigenvalue weighted by molar-refractivity contribution is 5.91. The Balaban J connectivity index is 1.57. The van der Waals surface area contributed by atoms with Gasteiger partial charge in [0.05, 0.1) is 18.1 Å². The summed E-state index contributed by atoms with van der Waals surface area (Å²) >= 11 is 0. The lowest BCUT2D eigenvalue weighted by Crippen LogP contribution is -2.39. The van der Waals surface area contributed by atoms with E-state index in [1.54, 1.807) is 0 Å². The number of rotatable bonds is 3. The molecule has 3 nitrogen and oxygen atoms in total. The largest absolute Gasteiger partial charge is 0.493 e. The van der Waals surface area contributed by atoms with E-state index in [9.17, 15) is 4.79 Å². The average molecular weight is 293 g/mol. The first kappa shape index (κ1) is 13.4. The summed E-state index contributed by atoms with van der Waals surface area (Å²) in [6.07, 6.45) is 2.70. The van der Waals surface area contributed by atoms with Crippen LogP contribution in [0.4, 0.5) is 0 Å². The molecule has 112 valence electrons. The molecule has 1 amide bonds. The second-order valence-corrected chi connectivity index (χ2v) is 6.15. The molecule has 1 heterocycles. The van der Waals surface area contributed by atoms with E-state index in [0.717, 1.165) is 36.1 Å². The minimum absolute atomic E-state index is 0.0543. The van der Waals surface area contributed by atoms with Crippen molar-refractivity contribution in [1.29, 1.82) is 0 Å². The van der Waals surface area contributed by atoms with Crippen molar-refractivity contribution in [3.8, 4) is 5.75 Å². The average Bonchev–Trinajstić information content (AvgIpc) is 3.38. The van der Waals surface area contributed by atoms with E-state index in [2.05, 4.69) is 17.4 Å². The maximum atomic E-state index is 12.9. The van der Waals surface area contributed by atoms with Gasteiger partial charge in [-0.05, 0) is 24.5 Å². The first-order valence-electron chi connectivity index (χ1n) is 7.88. The van der Waals surface area contributed by atoms with Crippen LogP contribution < -0.4 is 10.1 Å². The topological polar surface area (TPSA) is 38.3 Å². The van der Waals surface area contributed by atoms with Crippen LogP contribution >= 0.6 is 0 Å². The lowest BCUT2D eigenvalue weighted by Gasteiger charge is -2.28. The molecule has 4 rings (SSSR count). The van der Waals surface area contributed by atoms with Gasteiger partial charge in [-0.15, -0.1) is 0 Å². The van der Waals surface area contributed by atoms with Crippen LogP contribution in [-0.4, -0.2) is 12.5 Å². The summed E-state index contributed by atoms with van der Waals surface area (Å²) in [6.45, 7) is 0.653. The van der Waals surface area contributed by atoms with Crippen molar-refractivity contribution in [2.75, 3.05) is 6.61 Å². The van der Waals surface area contributed by atoms with Gasteiger partial charge in [0, 0.05) is 12.0 Å². The Hall–Kier alpha value is -2.29. The fourth-order valence-electron chi connectivity index (χ4n) is 3.32. The summed E-state index contributed by atoms with van der Waals surface area (Å²) in [5.74, 6) is 1.05. The monoisotopic (exact) mass is 293 g/mol. The fraction of sp³-hybridized carbons (Fsp3) is 0.316. The van der Waals surface area contributed by atoms with E-state index in [4.69, 9.17) is 4.74 Å². The zero-order valence-electron chi connectivity index (χ0n) is 12.4. The van der Waals surface area contributed by atoms with Gasteiger partial charge < -0.3 is 10.1 Å². The number of hydrogen-bond donors (Lipinski definition) is 1. The SMILES string of the molecule is O=C(NC1CCOc2ccccc21)C1(c2ccccc2)CC1. The van der Waals surface area contributed by atoms with E-state index in [1.807, 2.05) is 42.5 Å². The van der Waals surface area contributed by atoms with Gasteiger partial charge in [0.25, 0.3) is 0 Å². The molecule has 2 aliphatic rings. The van der Waals surface area contributed by atoms with Crippen molar-refractivity contribution in [1.82, 2.24) is 5.32 Å². The number of fused-ring (bicyclic) bond motifs is 1. The van der Waals surface area contributed by atoms with Crippen molar-refractivity contribution >= 4 is 5.91 Å². The van der Waals surface area contributed by atoms with Crippen molar-refractivity contribution in [3.63, 3.8) is 0 Å². The zero-order valence-corrected chi connectivity index (χ0v) is 12.4. The Kier molecular flexibility index (Phi) is 3.14. The number of carbonyl (C=O) groups is 1. The molecule has 1 fully saturated rings. The summed E-state index contributed by atoms with van der Waals surface area (Å²) in [5.41, 5.74) is 1.91. The van der Waals surface area contributed by atoms with Gasteiger partial charge in [0.1, 0.15) is 5.75 Å². The number of benzene rings is 2. The van der Waals surface area contributed by atoms with Gasteiger partial charge in [-0.1, -0.05) is 48.5 Å². The lowest BCUT2D eigenvalue weighted by atomic mass is 9.93. The second kappa shape index (κ2) is 5.16. The Morgan fingerprint density at radius 2 is 1.77 bits per heavy atom. The highest BCUT2D eigenvalue weighted by Crippen LogP contribution is 2.49. The van der Waals surface area contributed by atoms with E-state index >= 15 is 0 Å². The molecule has 1 aliphatic heterocycles. The molecule has 22 heavy (non-hydrogen) atoms. The summed E-state index contributed by atoms with van der Waals surface area (Å²) in [6, 6.07) is 18.2. The van der Waals surface area contributed by atoms with Crippen LogP contribution in [0.1, 0.15) is 36.4 Å². The number of carbonyl (C=O) groups excluding carboxylic acids is 1. The standard InChI is InChI=1S/C19H19NO2/c21-18(19(11-12-19)14-6-2-1-3-7-14)20-16-10-13-22-17-9-5-4-8-15(16)17/h1-9,16H,10-13H2,(H,20,21). The molecular weight excluding hydrogens is 274 g/mol. The third-order valence-corrected chi connectivity index (χ3v) is 4.77. The van der Waals surface area contributed by atoms with Crippen molar-refractivity contribution in [2.24, 2.45) is 0 Å². The molecule has 2 aromatic rings. The predicted octanol–water partition coefficient (Wildman–Crippen LogP) is 3.36. The third-order valence-electron chi connectivity index (χ3n) is 4.77. The Morgan fingerprint density at radius 3 is 2.55 bits per heavy atom. The van der Waals surface area contributed by atoms with Gasteiger partial charge in [-0.25, -0.2) is 0 Å². The van der Waals surface area contributed by atoms with Crippen molar-refractivity contribution in [2.45, 2.75) is 30.7 Å². The summed E-state index contributed by atoms with van der Waals surface area (Å²) in [7, 11) is 0. The highest BCUT2D eigenvalue weighted by atomic mass is 16.5. The Morgan fingerprint density at radius 1 is 1.05 bits per heavy atom. The maximum Gasteiger partial charge on any atom is 0.231 e. The van der Waals surface area contributed by atoms with Gasteiger partial charge in [-0.2, -0.15) is 0 Å². The van der Waals surface area contributed by atoms with E-state index in [0.29, 0.717) is 6.61 Å². The number of para-hydroxylation sites is 1. The molecule has 2 aromatic carbocycles. The molecule has 0 aromatic heterocycles. The normalized spacial score (nSPS) is 21.4. The molecule has 0 saturated heterocycles. The van der Waals surface area contributed by atoms with Crippen LogP contribution in [0.25, 0.3) is 0 Å². The Labute approximate surface area is 130 Å². The quantitative estimate of drug-likeness (QED) is 0.942. The summed E-state index contributed by atoms with van der Waals surface area (Å²) in [4.78, 5) is 12.9. The minimum atomic E-state index is -0.311. The van der Waals surface area contributed by atoms with E-state index in [-0.39, 0.29) is 17.4 Å². The first-order chi connectivity index (χ1) is 10.8. The summed E-state index contributed by atoms with van der Waals surface area (Å²) < 4.78 is 5.67. The second-order valence-electron chi connectivity index (χ2n) is 6.15. The maximum absolute atomic E-state index is 12.9. The van der Waals surface area contributed by atoms with Gasteiger partial charge in [0.2, 0.25) is 5.91 Å². The fourth-order valence-corrected chi connectivity index (χ4v) is 3.32. The number of hydrogen-bond acceptors (Lipinski definition) is 2. The smallest absolute Gasteiger partial charge is 0.231 e. The molecule has 0 spiro atoms. The van der Waals surface area contributed by atoms with Crippen LogP contribution in [0.3, 0.4) is 0 Å². The number of amides is 1. The van der Waals surface area contributed by atoms with Gasteiger partial charge in [0.15, 0.2) is 0 Å². The molecule has 0 radical (unpaired) electrons. The molecule has 0 bridgehead atoms. The Bertz CT molecular complexity index is 692. The first-order valence-corrected chi connectivity index (χ1v) is 7.88. The van der Waals surface area contributed by atoms with Crippen LogP contribution in [-0.2, 0) is 10.2 Å². The zero-order chi connectivity index (χ0) is 15.0. The highest BCUT2D eigenvalue weighted by Gasteiger charge is 2.51. The molecule has 1 unspecified atom stereocenters. The van der Waals surface area contributed by atoms with E-state index in [1.165, 1.54) is 0 Å². The molecule has 1 atom stereocenters. The van der Waals surface area contributed by atoms with E-state index < -0.39 is 0 Å². The minimum Gasteiger partial charge on any atom is -0.493 e. The van der Waals surface area contributed by atoms with Crippen LogP contribution in [0.5, 0.6) is 5.75 Å². The van der Waals surface area contributed by atoms with Crippen molar-refractivity contribution < 1.29 is 9.53 Å². The number of ether oxygens (including phenoxy) is 1. The van der Waals surface area contributed by atoms with Gasteiger partial charge in [-0.3, -0.25) is 4.79 Å². The van der Waals surface area contributed by atoms with Crippen molar-refractivity contribution in [3.05, 3.63) is 65.7 Å². The predicted molar refractivity (Wildman–Crippen MR) is 84.8 cm³/mol. The van der Waals surface area contributed by atoms with Crippen LogP contribution in [0.15, 0.2) is 54.6 Å². The molecular formula is C19H19NO2. The molecule has 3 heteroatoms.